The summed E-state index contributed by atoms with van der Waals surface area (Å²) in [7, 11) is 2.22. The number of likely N-dealkylation sites (N-methyl/N-ethyl adjacent to an activating group) is 1. The summed E-state index contributed by atoms with van der Waals surface area (Å²) in [5, 5.41) is 5.69. The molecule has 0 saturated heterocycles. The van der Waals surface area contributed by atoms with Gasteiger partial charge in [0.2, 0.25) is 0 Å². The third-order valence-electron chi connectivity index (χ3n) is 3.35. The van der Waals surface area contributed by atoms with E-state index in [0.717, 1.165) is 19.6 Å². The molecule has 1 N–H and O–H groups in total. The molecule has 0 aliphatic rings. The maximum atomic E-state index is 3.53. The molecule has 0 spiro atoms. The van der Waals surface area contributed by atoms with Crippen molar-refractivity contribution >= 4 is 11.3 Å². The van der Waals surface area contributed by atoms with E-state index in [-0.39, 0.29) is 0 Å². The predicted octanol–water partition coefficient (Wildman–Crippen LogP) is 3.27. The van der Waals surface area contributed by atoms with Crippen LogP contribution in [-0.4, -0.2) is 31.1 Å². The molecule has 1 aromatic heterocycles. The van der Waals surface area contributed by atoms with E-state index in [9.17, 15) is 0 Å². The van der Waals surface area contributed by atoms with Gasteiger partial charge < -0.3 is 10.2 Å². The van der Waals surface area contributed by atoms with Crippen LogP contribution in [0.15, 0.2) is 11.4 Å². The van der Waals surface area contributed by atoms with Gasteiger partial charge in [-0.05, 0) is 44.3 Å². The average molecular weight is 254 g/mol. The summed E-state index contributed by atoms with van der Waals surface area (Å²) in [5.41, 5.74) is 1.41. The fraction of sp³-hybridized carbons (Fsp3) is 0.714. The van der Waals surface area contributed by atoms with E-state index in [2.05, 4.69) is 49.5 Å². The second-order valence-electron chi connectivity index (χ2n) is 4.82. The maximum Gasteiger partial charge on any atom is 0.0302 e. The first-order valence-electron chi connectivity index (χ1n) is 6.59. The van der Waals surface area contributed by atoms with Gasteiger partial charge >= 0.3 is 0 Å². The Balaban J connectivity index is 2.14. The number of rotatable bonds is 8. The van der Waals surface area contributed by atoms with Crippen molar-refractivity contribution in [2.24, 2.45) is 0 Å². The molecule has 1 unspecified atom stereocenters. The molecule has 1 aromatic rings. The monoisotopic (exact) mass is 254 g/mol. The molecule has 0 fully saturated rings. The molecular weight excluding hydrogens is 228 g/mol. The highest BCUT2D eigenvalue weighted by atomic mass is 32.1. The molecule has 0 aliphatic heterocycles. The quantitative estimate of drug-likeness (QED) is 0.716. The van der Waals surface area contributed by atoms with Gasteiger partial charge in [0.05, 0.1) is 0 Å². The number of nitrogens with zero attached hydrogens (tertiary/aromatic N) is 1. The van der Waals surface area contributed by atoms with Gasteiger partial charge in [-0.1, -0.05) is 13.3 Å². The Morgan fingerprint density at radius 1 is 1.47 bits per heavy atom. The molecule has 0 saturated carbocycles. The molecule has 0 bridgehead atoms. The van der Waals surface area contributed by atoms with Gasteiger partial charge in [0.15, 0.2) is 0 Å². The van der Waals surface area contributed by atoms with Crippen molar-refractivity contribution in [3.63, 3.8) is 0 Å². The standard InChI is InChI=1S/C14H26N2S/c1-5-6-13(3)16(4)9-8-15-11-14-12(2)7-10-17-14/h7,10,13,15H,5-6,8-9,11H2,1-4H3. The van der Waals surface area contributed by atoms with Crippen molar-refractivity contribution in [1.29, 1.82) is 0 Å². The van der Waals surface area contributed by atoms with Gasteiger partial charge in [-0.15, -0.1) is 11.3 Å². The number of hydrogen-bond acceptors (Lipinski definition) is 3. The van der Waals surface area contributed by atoms with Crippen molar-refractivity contribution < 1.29 is 0 Å². The molecule has 0 amide bonds. The van der Waals surface area contributed by atoms with Crippen molar-refractivity contribution in [1.82, 2.24) is 10.2 Å². The highest BCUT2D eigenvalue weighted by Gasteiger charge is 2.07. The maximum absolute atomic E-state index is 3.53. The Bertz CT molecular complexity index is 309. The first kappa shape index (κ1) is 14.7. The molecular formula is C14H26N2S. The summed E-state index contributed by atoms with van der Waals surface area (Å²) < 4.78 is 0. The van der Waals surface area contributed by atoms with Crippen LogP contribution in [0.1, 0.15) is 37.1 Å². The van der Waals surface area contributed by atoms with E-state index >= 15 is 0 Å². The average Bonchev–Trinajstić information content (AvgIpc) is 2.70. The van der Waals surface area contributed by atoms with Gasteiger partial charge in [0.1, 0.15) is 0 Å². The Morgan fingerprint density at radius 3 is 2.82 bits per heavy atom. The number of thiophene rings is 1. The van der Waals surface area contributed by atoms with Crippen molar-refractivity contribution in [2.75, 3.05) is 20.1 Å². The summed E-state index contributed by atoms with van der Waals surface area (Å²) in [5.74, 6) is 0. The summed E-state index contributed by atoms with van der Waals surface area (Å²) >= 11 is 1.85. The largest absolute Gasteiger partial charge is 0.311 e. The fourth-order valence-electron chi connectivity index (χ4n) is 1.90. The van der Waals surface area contributed by atoms with Crippen LogP contribution in [0.25, 0.3) is 0 Å². The first-order chi connectivity index (χ1) is 8.15. The van der Waals surface area contributed by atoms with E-state index in [1.54, 1.807) is 0 Å². The lowest BCUT2D eigenvalue weighted by atomic mass is 10.2. The molecule has 1 atom stereocenters. The molecule has 2 nitrogen and oxygen atoms in total. The second-order valence-corrected chi connectivity index (χ2v) is 5.82. The lowest BCUT2D eigenvalue weighted by molar-refractivity contribution is 0.245. The zero-order valence-corrected chi connectivity index (χ0v) is 12.4. The van der Waals surface area contributed by atoms with Crippen molar-refractivity contribution in [2.45, 2.75) is 46.2 Å². The summed E-state index contributed by atoms with van der Waals surface area (Å²) in [6.07, 6.45) is 2.56. The minimum atomic E-state index is 0.699. The third kappa shape index (κ3) is 5.19. The van der Waals surface area contributed by atoms with Crippen molar-refractivity contribution in [3.8, 4) is 0 Å². The van der Waals surface area contributed by atoms with Crippen LogP contribution in [0.3, 0.4) is 0 Å². The SMILES string of the molecule is CCCC(C)N(C)CCNCc1sccc1C. The Labute approximate surface area is 110 Å². The van der Waals surface area contributed by atoms with E-state index in [4.69, 9.17) is 0 Å². The lowest BCUT2D eigenvalue weighted by Gasteiger charge is -2.24. The van der Waals surface area contributed by atoms with Crippen LogP contribution in [-0.2, 0) is 6.54 Å². The highest BCUT2D eigenvalue weighted by Crippen LogP contribution is 2.14. The van der Waals surface area contributed by atoms with Crippen LogP contribution in [0, 0.1) is 6.92 Å². The minimum Gasteiger partial charge on any atom is -0.311 e. The third-order valence-corrected chi connectivity index (χ3v) is 4.38. The Morgan fingerprint density at radius 2 is 2.24 bits per heavy atom. The second kappa shape index (κ2) is 7.85. The van der Waals surface area contributed by atoms with E-state index < -0.39 is 0 Å². The Hall–Kier alpha value is -0.380. The van der Waals surface area contributed by atoms with Gasteiger partial charge in [0, 0.05) is 30.6 Å². The van der Waals surface area contributed by atoms with Crippen LogP contribution in [0.5, 0.6) is 0 Å². The summed E-state index contributed by atoms with van der Waals surface area (Å²) in [6, 6.07) is 2.89. The number of aryl methyl sites for hydroxylation is 1. The van der Waals surface area contributed by atoms with E-state index in [1.807, 2.05) is 11.3 Å². The van der Waals surface area contributed by atoms with Gasteiger partial charge in [0.25, 0.3) is 0 Å². The Kier molecular flexibility index (Phi) is 6.78. The molecule has 1 heterocycles. The number of hydrogen-bond donors (Lipinski definition) is 1. The van der Waals surface area contributed by atoms with Crippen LogP contribution in [0.2, 0.25) is 0 Å². The van der Waals surface area contributed by atoms with E-state index in [1.165, 1.54) is 23.3 Å². The van der Waals surface area contributed by atoms with Crippen LogP contribution in [0.4, 0.5) is 0 Å². The number of nitrogens with one attached hydrogen (secondary N) is 1. The van der Waals surface area contributed by atoms with E-state index in [0.29, 0.717) is 6.04 Å². The normalized spacial score (nSPS) is 13.2. The van der Waals surface area contributed by atoms with Crippen LogP contribution < -0.4 is 5.32 Å². The lowest BCUT2D eigenvalue weighted by Crippen LogP contribution is -2.35. The topological polar surface area (TPSA) is 15.3 Å². The fourth-order valence-corrected chi connectivity index (χ4v) is 2.78. The summed E-state index contributed by atoms with van der Waals surface area (Å²) in [4.78, 5) is 3.91. The molecule has 3 heteroatoms. The smallest absolute Gasteiger partial charge is 0.0302 e. The molecule has 98 valence electrons. The molecule has 0 aliphatic carbocycles. The molecule has 17 heavy (non-hydrogen) atoms. The molecule has 1 rings (SSSR count). The zero-order valence-electron chi connectivity index (χ0n) is 11.6. The van der Waals surface area contributed by atoms with Gasteiger partial charge in [-0.3, -0.25) is 0 Å². The van der Waals surface area contributed by atoms with Gasteiger partial charge in [-0.25, -0.2) is 0 Å². The summed E-state index contributed by atoms with van der Waals surface area (Å²) in [6.45, 7) is 9.96. The van der Waals surface area contributed by atoms with Crippen LogP contribution >= 0.6 is 11.3 Å². The zero-order chi connectivity index (χ0) is 12.7. The molecule has 0 radical (unpaired) electrons. The molecule has 0 aromatic carbocycles. The predicted molar refractivity (Wildman–Crippen MR) is 77.8 cm³/mol. The highest BCUT2D eigenvalue weighted by molar-refractivity contribution is 7.10. The minimum absolute atomic E-state index is 0.699. The van der Waals surface area contributed by atoms with Gasteiger partial charge in [-0.2, -0.15) is 0 Å². The van der Waals surface area contributed by atoms with Crippen molar-refractivity contribution in [3.05, 3.63) is 21.9 Å². The first-order valence-corrected chi connectivity index (χ1v) is 7.47.